The first-order valence-electron chi connectivity index (χ1n) is 9.45. The van der Waals surface area contributed by atoms with Crippen molar-refractivity contribution >= 4 is 0 Å². The fourth-order valence-corrected chi connectivity index (χ4v) is 4.00. The molecule has 124 valence electrons. The van der Waals surface area contributed by atoms with Gasteiger partial charge in [0.1, 0.15) is 0 Å². The van der Waals surface area contributed by atoms with Crippen molar-refractivity contribution < 1.29 is 0 Å². The molecular weight excluding hydrogens is 256 g/mol. The third kappa shape index (κ3) is 5.90. The molecule has 21 heavy (non-hydrogen) atoms. The van der Waals surface area contributed by atoms with E-state index in [4.69, 9.17) is 0 Å². The normalized spacial score (nSPS) is 22.4. The largest absolute Gasteiger partial charge is 0.316 e. The van der Waals surface area contributed by atoms with Crippen molar-refractivity contribution in [3.63, 3.8) is 0 Å². The first-order valence-corrected chi connectivity index (χ1v) is 9.45. The Kier molecular flexibility index (Phi) is 6.55. The van der Waals surface area contributed by atoms with Crippen LogP contribution in [-0.4, -0.2) is 37.1 Å². The lowest BCUT2D eigenvalue weighted by Crippen LogP contribution is -2.47. The van der Waals surface area contributed by atoms with E-state index in [0.717, 1.165) is 17.9 Å². The Balaban J connectivity index is 1.93. The van der Waals surface area contributed by atoms with Crippen LogP contribution in [0.4, 0.5) is 0 Å². The minimum Gasteiger partial charge on any atom is -0.316 e. The Morgan fingerprint density at radius 1 is 1.00 bits per heavy atom. The fourth-order valence-electron chi connectivity index (χ4n) is 4.00. The lowest BCUT2D eigenvalue weighted by atomic mass is 9.73. The number of rotatable bonds is 9. The predicted octanol–water partition coefficient (Wildman–Crippen LogP) is 4.30. The molecule has 0 spiro atoms. The first-order chi connectivity index (χ1) is 10.0. The summed E-state index contributed by atoms with van der Waals surface area (Å²) in [4.78, 5) is 2.84. The highest BCUT2D eigenvalue weighted by Crippen LogP contribution is 2.39. The van der Waals surface area contributed by atoms with Crippen LogP contribution in [-0.2, 0) is 0 Å². The molecule has 0 atom stereocenters. The molecule has 2 saturated carbocycles. The fraction of sp³-hybridized carbons (Fsp3) is 1.00. The molecule has 2 aliphatic rings. The molecule has 0 saturated heterocycles. The third-order valence-electron chi connectivity index (χ3n) is 5.17. The van der Waals surface area contributed by atoms with Gasteiger partial charge in [0.2, 0.25) is 0 Å². The molecule has 2 rings (SSSR count). The van der Waals surface area contributed by atoms with Crippen molar-refractivity contribution in [3.05, 3.63) is 0 Å². The van der Waals surface area contributed by atoms with E-state index in [-0.39, 0.29) is 0 Å². The summed E-state index contributed by atoms with van der Waals surface area (Å²) >= 11 is 0. The van der Waals surface area contributed by atoms with Gasteiger partial charge in [0.25, 0.3) is 0 Å². The first kappa shape index (κ1) is 17.3. The molecule has 0 bridgehead atoms. The SMILES string of the molecule is CC(C)CNCC1(CN(CC(C)C)C2CC2)CCCCC1. The van der Waals surface area contributed by atoms with Crippen molar-refractivity contribution in [2.75, 3.05) is 26.2 Å². The summed E-state index contributed by atoms with van der Waals surface area (Å²) in [6, 6.07) is 0.913. The summed E-state index contributed by atoms with van der Waals surface area (Å²) in [5.74, 6) is 1.57. The molecule has 2 aliphatic carbocycles. The van der Waals surface area contributed by atoms with E-state index in [1.165, 1.54) is 71.1 Å². The zero-order chi connectivity index (χ0) is 15.3. The van der Waals surface area contributed by atoms with Crippen molar-refractivity contribution in [3.8, 4) is 0 Å². The summed E-state index contributed by atoms with van der Waals surface area (Å²) < 4.78 is 0. The molecule has 0 unspecified atom stereocenters. The Morgan fingerprint density at radius 3 is 2.19 bits per heavy atom. The molecule has 2 fully saturated rings. The van der Waals surface area contributed by atoms with Gasteiger partial charge in [0, 0.05) is 25.7 Å². The molecule has 0 radical (unpaired) electrons. The minimum absolute atomic E-state index is 0.560. The molecule has 2 heteroatoms. The Labute approximate surface area is 133 Å². The topological polar surface area (TPSA) is 15.3 Å². The van der Waals surface area contributed by atoms with Gasteiger partial charge in [-0.3, -0.25) is 4.90 Å². The monoisotopic (exact) mass is 294 g/mol. The zero-order valence-electron chi connectivity index (χ0n) is 15.0. The third-order valence-corrected chi connectivity index (χ3v) is 5.17. The highest BCUT2D eigenvalue weighted by atomic mass is 15.2. The lowest BCUT2D eigenvalue weighted by molar-refractivity contribution is 0.0888. The van der Waals surface area contributed by atoms with E-state index >= 15 is 0 Å². The smallest absolute Gasteiger partial charge is 0.00967 e. The van der Waals surface area contributed by atoms with Crippen LogP contribution in [0.15, 0.2) is 0 Å². The second-order valence-electron chi connectivity index (χ2n) is 8.64. The van der Waals surface area contributed by atoms with Gasteiger partial charge in [-0.25, -0.2) is 0 Å². The highest BCUT2D eigenvalue weighted by Gasteiger charge is 2.38. The highest BCUT2D eigenvalue weighted by molar-refractivity contribution is 4.93. The summed E-state index contributed by atoms with van der Waals surface area (Å²) in [5.41, 5.74) is 0.560. The minimum atomic E-state index is 0.560. The summed E-state index contributed by atoms with van der Waals surface area (Å²) in [5, 5.41) is 3.79. The van der Waals surface area contributed by atoms with E-state index < -0.39 is 0 Å². The maximum atomic E-state index is 3.79. The van der Waals surface area contributed by atoms with Gasteiger partial charge in [-0.1, -0.05) is 47.0 Å². The number of hydrogen-bond donors (Lipinski definition) is 1. The van der Waals surface area contributed by atoms with Crippen molar-refractivity contribution in [2.45, 2.75) is 78.7 Å². The van der Waals surface area contributed by atoms with Gasteiger partial charge < -0.3 is 5.32 Å². The maximum Gasteiger partial charge on any atom is 0.00967 e. The van der Waals surface area contributed by atoms with Crippen LogP contribution < -0.4 is 5.32 Å². The quantitative estimate of drug-likeness (QED) is 0.682. The lowest BCUT2D eigenvalue weighted by Gasteiger charge is -2.42. The van der Waals surface area contributed by atoms with E-state index in [0.29, 0.717) is 5.41 Å². The average Bonchev–Trinajstić information content (AvgIpc) is 3.22. The van der Waals surface area contributed by atoms with Crippen molar-refractivity contribution in [1.29, 1.82) is 0 Å². The molecule has 2 nitrogen and oxygen atoms in total. The van der Waals surface area contributed by atoms with Crippen molar-refractivity contribution in [2.24, 2.45) is 17.3 Å². The van der Waals surface area contributed by atoms with E-state index in [2.05, 4.69) is 37.9 Å². The second kappa shape index (κ2) is 7.97. The van der Waals surface area contributed by atoms with Gasteiger partial charge in [0.05, 0.1) is 0 Å². The standard InChI is InChI=1S/C19H38N2/c1-16(2)12-20-14-19(10-6-5-7-11-19)15-21(13-17(3)4)18-8-9-18/h16-18,20H,5-15H2,1-4H3. The van der Waals surface area contributed by atoms with Gasteiger partial charge in [-0.05, 0) is 49.5 Å². The van der Waals surface area contributed by atoms with Crippen LogP contribution in [0.1, 0.15) is 72.6 Å². The van der Waals surface area contributed by atoms with Crippen LogP contribution in [0.2, 0.25) is 0 Å². The van der Waals surface area contributed by atoms with Gasteiger partial charge in [-0.2, -0.15) is 0 Å². The van der Waals surface area contributed by atoms with Crippen molar-refractivity contribution in [1.82, 2.24) is 10.2 Å². The van der Waals surface area contributed by atoms with Crippen LogP contribution in [0.25, 0.3) is 0 Å². The van der Waals surface area contributed by atoms with Gasteiger partial charge in [-0.15, -0.1) is 0 Å². The van der Waals surface area contributed by atoms with Gasteiger partial charge in [0.15, 0.2) is 0 Å². The molecule has 0 aromatic heterocycles. The molecule has 0 aromatic carbocycles. The van der Waals surface area contributed by atoms with Crippen LogP contribution in [0.3, 0.4) is 0 Å². The summed E-state index contributed by atoms with van der Waals surface area (Å²) in [6.07, 6.45) is 10.1. The van der Waals surface area contributed by atoms with Crippen LogP contribution in [0.5, 0.6) is 0 Å². The Hall–Kier alpha value is -0.0800. The van der Waals surface area contributed by atoms with E-state index in [9.17, 15) is 0 Å². The zero-order valence-corrected chi connectivity index (χ0v) is 15.0. The second-order valence-corrected chi connectivity index (χ2v) is 8.64. The van der Waals surface area contributed by atoms with E-state index in [1.807, 2.05) is 0 Å². The average molecular weight is 295 g/mol. The molecule has 0 amide bonds. The number of hydrogen-bond acceptors (Lipinski definition) is 2. The Bertz CT molecular complexity index is 288. The molecule has 1 N–H and O–H groups in total. The maximum absolute atomic E-state index is 3.79. The van der Waals surface area contributed by atoms with Crippen LogP contribution in [0, 0.1) is 17.3 Å². The van der Waals surface area contributed by atoms with Crippen LogP contribution >= 0.6 is 0 Å². The predicted molar refractivity (Wildman–Crippen MR) is 92.7 cm³/mol. The molecule has 0 aromatic rings. The molecule has 0 aliphatic heterocycles. The Morgan fingerprint density at radius 2 is 1.67 bits per heavy atom. The summed E-state index contributed by atoms with van der Waals surface area (Å²) in [6.45, 7) is 14.4. The number of nitrogens with one attached hydrogen (secondary N) is 1. The van der Waals surface area contributed by atoms with E-state index in [1.54, 1.807) is 0 Å². The molecule has 0 heterocycles. The number of nitrogens with zero attached hydrogens (tertiary/aromatic N) is 1. The molecular formula is C19H38N2. The van der Waals surface area contributed by atoms with Gasteiger partial charge >= 0.3 is 0 Å². The summed E-state index contributed by atoms with van der Waals surface area (Å²) in [7, 11) is 0.